The summed E-state index contributed by atoms with van der Waals surface area (Å²) in [6, 6.07) is -1.47. The van der Waals surface area contributed by atoms with E-state index in [0.29, 0.717) is 85.1 Å². The van der Waals surface area contributed by atoms with Crippen molar-refractivity contribution in [3.8, 4) is 0 Å². The lowest BCUT2D eigenvalue weighted by atomic mass is 10.1. The Kier molecular flexibility index (Phi) is 27.1. The van der Waals surface area contributed by atoms with E-state index in [4.69, 9.17) is 26.7 Å². The van der Waals surface area contributed by atoms with E-state index in [0.717, 1.165) is 19.5 Å². The Morgan fingerprint density at radius 3 is 1.48 bits per heavy atom. The average molecular weight is 604 g/mol. The van der Waals surface area contributed by atoms with Gasteiger partial charge >= 0.3 is 0 Å². The number of rotatable bonds is 29. The molecule has 0 aliphatic carbocycles. The summed E-state index contributed by atoms with van der Waals surface area (Å²) in [4.78, 5) is 47.7. The molecule has 15 nitrogen and oxygen atoms in total. The molecule has 15 heteroatoms. The zero-order chi connectivity index (χ0) is 31.3. The average Bonchev–Trinajstić information content (AvgIpc) is 2.98. The van der Waals surface area contributed by atoms with Gasteiger partial charge in [0.1, 0.15) is 0 Å². The summed E-state index contributed by atoms with van der Waals surface area (Å²) in [6.45, 7) is 9.26. The third-order valence-corrected chi connectivity index (χ3v) is 5.94. The zero-order valence-electron chi connectivity index (χ0n) is 25.5. The predicted octanol–water partition coefficient (Wildman–Crippen LogP) is -2.97. The van der Waals surface area contributed by atoms with Gasteiger partial charge in [-0.1, -0.05) is 6.92 Å². The number of nitrogens with one attached hydrogen (secondary N) is 6. The van der Waals surface area contributed by atoms with Crippen molar-refractivity contribution in [2.75, 3.05) is 85.3 Å². The van der Waals surface area contributed by atoms with Gasteiger partial charge in [0.25, 0.3) is 0 Å². The molecule has 0 aromatic carbocycles. The van der Waals surface area contributed by atoms with Crippen LogP contribution >= 0.6 is 0 Å². The van der Waals surface area contributed by atoms with Crippen LogP contribution in [0.25, 0.3) is 0 Å². The van der Waals surface area contributed by atoms with Crippen LogP contribution < -0.4 is 49.1 Å². The highest BCUT2D eigenvalue weighted by atomic mass is 16.5. The van der Waals surface area contributed by atoms with Crippen LogP contribution in [0.5, 0.6) is 0 Å². The minimum absolute atomic E-state index is 0.113. The molecule has 0 saturated carbocycles. The van der Waals surface area contributed by atoms with E-state index < -0.39 is 12.1 Å². The van der Waals surface area contributed by atoms with E-state index in [1.165, 1.54) is 0 Å². The molecular formula is C27H57N9O6. The molecule has 42 heavy (non-hydrogen) atoms. The van der Waals surface area contributed by atoms with Crippen LogP contribution in [0.15, 0.2) is 0 Å². The van der Waals surface area contributed by atoms with Crippen molar-refractivity contribution in [2.24, 2.45) is 17.2 Å². The lowest BCUT2D eigenvalue weighted by Crippen LogP contribution is -2.42. The highest BCUT2D eigenvalue weighted by Crippen LogP contribution is 1.96. The van der Waals surface area contributed by atoms with Gasteiger partial charge in [0.15, 0.2) is 0 Å². The van der Waals surface area contributed by atoms with Crippen molar-refractivity contribution in [1.82, 2.24) is 31.9 Å². The molecule has 0 radical (unpaired) electrons. The molecule has 0 heterocycles. The molecule has 246 valence electrons. The van der Waals surface area contributed by atoms with Gasteiger partial charge < -0.3 is 58.6 Å². The maximum absolute atomic E-state index is 12.1. The van der Waals surface area contributed by atoms with Crippen LogP contribution in [-0.4, -0.2) is 121 Å². The van der Waals surface area contributed by atoms with Crippen molar-refractivity contribution in [2.45, 2.75) is 64.0 Å². The first-order valence-corrected chi connectivity index (χ1v) is 15.2. The van der Waals surface area contributed by atoms with Crippen molar-refractivity contribution < 1.29 is 28.7 Å². The van der Waals surface area contributed by atoms with Gasteiger partial charge in [-0.25, -0.2) is 0 Å². The number of nitrogens with two attached hydrogens (primary N) is 3. The lowest BCUT2D eigenvalue weighted by molar-refractivity contribution is -0.125. The van der Waals surface area contributed by atoms with Crippen molar-refractivity contribution in [3.63, 3.8) is 0 Å². The van der Waals surface area contributed by atoms with Crippen LogP contribution in [-0.2, 0) is 28.7 Å². The monoisotopic (exact) mass is 603 g/mol. The Labute approximate surface area is 250 Å². The Morgan fingerprint density at radius 1 is 0.595 bits per heavy atom. The van der Waals surface area contributed by atoms with Crippen LogP contribution in [0.4, 0.5) is 0 Å². The zero-order valence-corrected chi connectivity index (χ0v) is 25.5. The van der Waals surface area contributed by atoms with Gasteiger partial charge in [-0.3, -0.25) is 19.2 Å². The standard InChI is InChI=1S/C27H57N9O6/c1-2-10-31-14-16-33-24(37)7-5-22(29)26(39)35-11-3-18-41-20-21-42-19-4-12-36-27(40)23(30)6-8-25(38)34-17-15-32-13-9-28/h22-23,31-32H,2-21,28-30H2,1H3,(H,33,37)(H,34,38)(H,35,39)(H,36,40). The number of amides is 4. The van der Waals surface area contributed by atoms with Gasteiger partial charge in [0, 0.05) is 78.4 Å². The SMILES string of the molecule is CCCNCCNC(=O)CCC(N)C(=O)NCCCOCCOCCCNC(=O)C(N)CCC(=O)NCCNCCN. The molecule has 0 aromatic rings. The normalized spacial score (nSPS) is 12.4. The van der Waals surface area contributed by atoms with Crippen LogP contribution in [0, 0.1) is 0 Å². The third-order valence-electron chi connectivity index (χ3n) is 5.94. The Bertz CT molecular complexity index is 660. The molecule has 0 spiro atoms. The molecule has 0 aliphatic heterocycles. The van der Waals surface area contributed by atoms with Gasteiger partial charge in [0.05, 0.1) is 25.3 Å². The molecule has 0 fully saturated rings. The fourth-order valence-electron chi connectivity index (χ4n) is 3.48. The van der Waals surface area contributed by atoms with Crippen molar-refractivity contribution in [3.05, 3.63) is 0 Å². The maximum Gasteiger partial charge on any atom is 0.236 e. The number of ether oxygens (including phenoxy) is 2. The van der Waals surface area contributed by atoms with E-state index in [2.05, 4.69) is 38.8 Å². The smallest absolute Gasteiger partial charge is 0.236 e. The Hall–Kier alpha value is -2.40. The highest BCUT2D eigenvalue weighted by molar-refractivity contribution is 5.83. The number of hydrogen-bond acceptors (Lipinski definition) is 11. The molecule has 4 amide bonds. The molecule has 0 aromatic heterocycles. The maximum atomic E-state index is 12.1. The Balaban J connectivity index is 3.57. The van der Waals surface area contributed by atoms with Gasteiger partial charge in [0.2, 0.25) is 23.6 Å². The van der Waals surface area contributed by atoms with Crippen LogP contribution in [0.3, 0.4) is 0 Å². The first-order valence-electron chi connectivity index (χ1n) is 15.2. The van der Waals surface area contributed by atoms with Crippen LogP contribution in [0.2, 0.25) is 0 Å². The van der Waals surface area contributed by atoms with E-state index in [1.54, 1.807) is 0 Å². The summed E-state index contributed by atoms with van der Waals surface area (Å²) in [5.41, 5.74) is 17.1. The van der Waals surface area contributed by atoms with E-state index in [9.17, 15) is 19.2 Å². The number of carbonyl (C=O) groups is 4. The molecule has 0 bridgehead atoms. The van der Waals surface area contributed by atoms with E-state index in [-0.39, 0.29) is 49.3 Å². The van der Waals surface area contributed by atoms with E-state index in [1.807, 2.05) is 0 Å². The second kappa shape index (κ2) is 28.7. The largest absolute Gasteiger partial charge is 0.379 e. The Morgan fingerprint density at radius 2 is 1.05 bits per heavy atom. The molecule has 0 aliphatic rings. The van der Waals surface area contributed by atoms with Crippen LogP contribution in [0.1, 0.15) is 51.9 Å². The fraction of sp³-hybridized carbons (Fsp3) is 0.852. The number of carbonyl (C=O) groups excluding carboxylic acids is 4. The fourth-order valence-corrected chi connectivity index (χ4v) is 3.48. The summed E-state index contributed by atoms with van der Waals surface area (Å²) in [6.07, 6.45) is 3.25. The molecule has 12 N–H and O–H groups in total. The van der Waals surface area contributed by atoms with E-state index >= 15 is 0 Å². The molecule has 0 saturated heterocycles. The predicted molar refractivity (Wildman–Crippen MR) is 162 cm³/mol. The van der Waals surface area contributed by atoms with Gasteiger partial charge in [-0.2, -0.15) is 0 Å². The first-order chi connectivity index (χ1) is 20.3. The second-order valence-corrected chi connectivity index (χ2v) is 9.79. The minimum Gasteiger partial charge on any atom is -0.379 e. The van der Waals surface area contributed by atoms with Gasteiger partial charge in [-0.15, -0.1) is 0 Å². The quantitative estimate of drug-likeness (QED) is 0.0391. The summed E-state index contributed by atoms with van der Waals surface area (Å²) in [7, 11) is 0. The number of hydrogen-bond donors (Lipinski definition) is 9. The molecule has 2 atom stereocenters. The second-order valence-electron chi connectivity index (χ2n) is 9.79. The summed E-state index contributed by atoms with van der Waals surface area (Å²) in [5, 5.41) is 17.3. The molecule has 2 unspecified atom stereocenters. The lowest BCUT2D eigenvalue weighted by Gasteiger charge is -2.13. The summed E-state index contributed by atoms with van der Waals surface area (Å²) >= 11 is 0. The van der Waals surface area contributed by atoms with Gasteiger partial charge in [-0.05, 0) is 38.6 Å². The van der Waals surface area contributed by atoms with Crippen molar-refractivity contribution in [1.29, 1.82) is 0 Å². The van der Waals surface area contributed by atoms with Crippen molar-refractivity contribution >= 4 is 23.6 Å². The minimum atomic E-state index is -0.740. The topological polar surface area (TPSA) is 237 Å². The molecule has 0 rings (SSSR count). The summed E-state index contributed by atoms with van der Waals surface area (Å²) < 4.78 is 11.0. The molecular weight excluding hydrogens is 546 g/mol. The third kappa shape index (κ3) is 25.3. The highest BCUT2D eigenvalue weighted by Gasteiger charge is 2.15. The summed E-state index contributed by atoms with van der Waals surface area (Å²) in [5.74, 6) is -0.827. The first kappa shape index (κ1) is 39.6.